The molecule has 118 valence electrons. The van der Waals surface area contributed by atoms with Crippen molar-refractivity contribution >= 4 is 10.9 Å². The molecule has 3 N–H and O–H groups in total. The molecule has 2 unspecified atom stereocenters. The van der Waals surface area contributed by atoms with E-state index in [4.69, 9.17) is 10.5 Å². The van der Waals surface area contributed by atoms with E-state index in [1.807, 2.05) is 6.07 Å². The van der Waals surface area contributed by atoms with Gasteiger partial charge in [0.15, 0.2) is 0 Å². The highest BCUT2D eigenvalue weighted by molar-refractivity contribution is 5.85. The normalized spacial score (nSPS) is 28.9. The summed E-state index contributed by atoms with van der Waals surface area (Å²) in [6.45, 7) is 4.49. The first-order valence-corrected chi connectivity index (χ1v) is 8.37. The lowest BCUT2D eigenvalue weighted by molar-refractivity contribution is 0.0381. The van der Waals surface area contributed by atoms with Crippen molar-refractivity contribution in [2.45, 2.75) is 18.8 Å². The SMILES string of the molecule is COc1ccc2[nH]cc(C(CN)C3CN4CCC3CC4)c2c1. The van der Waals surface area contributed by atoms with Gasteiger partial charge in [0.2, 0.25) is 0 Å². The Bertz CT molecular complexity index is 657. The average molecular weight is 299 g/mol. The van der Waals surface area contributed by atoms with Gasteiger partial charge >= 0.3 is 0 Å². The molecule has 22 heavy (non-hydrogen) atoms. The second-order valence-corrected chi connectivity index (χ2v) is 6.80. The molecular formula is C18H25N3O. The number of H-pyrrole nitrogens is 1. The third-order valence-electron chi connectivity index (χ3n) is 5.80. The van der Waals surface area contributed by atoms with Gasteiger partial charge in [-0.2, -0.15) is 0 Å². The predicted octanol–water partition coefficient (Wildman–Crippen LogP) is 2.56. The van der Waals surface area contributed by atoms with Crippen molar-refractivity contribution in [3.05, 3.63) is 30.0 Å². The molecule has 2 aromatic rings. The number of hydrogen-bond acceptors (Lipinski definition) is 3. The van der Waals surface area contributed by atoms with E-state index in [-0.39, 0.29) is 0 Å². The number of benzene rings is 1. The number of nitrogens with two attached hydrogens (primary N) is 1. The maximum absolute atomic E-state index is 6.22. The zero-order valence-electron chi connectivity index (χ0n) is 13.2. The summed E-state index contributed by atoms with van der Waals surface area (Å²) in [6, 6.07) is 6.25. The smallest absolute Gasteiger partial charge is 0.119 e. The molecule has 3 saturated heterocycles. The summed E-state index contributed by atoms with van der Waals surface area (Å²) in [7, 11) is 1.72. The lowest BCUT2D eigenvalue weighted by Gasteiger charge is -2.47. The topological polar surface area (TPSA) is 54.3 Å². The van der Waals surface area contributed by atoms with Crippen LogP contribution < -0.4 is 10.5 Å². The van der Waals surface area contributed by atoms with Gasteiger partial charge in [-0.05, 0) is 68.1 Å². The molecule has 4 nitrogen and oxygen atoms in total. The van der Waals surface area contributed by atoms with Gasteiger partial charge < -0.3 is 20.4 Å². The van der Waals surface area contributed by atoms with Gasteiger partial charge in [0, 0.05) is 29.6 Å². The average Bonchev–Trinajstić information content (AvgIpc) is 3.00. The van der Waals surface area contributed by atoms with Gasteiger partial charge in [0.1, 0.15) is 5.75 Å². The highest BCUT2D eigenvalue weighted by Gasteiger charge is 2.39. The molecule has 3 aliphatic heterocycles. The van der Waals surface area contributed by atoms with E-state index in [0.29, 0.717) is 11.8 Å². The largest absolute Gasteiger partial charge is 0.497 e. The quantitative estimate of drug-likeness (QED) is 0.912. The Morgan fingerprint density at radius 1 is 1.36 bits per heavy atom. The number of nitrogens with zero attached hydrogens (tertiary/aromatic N) is 1. The van der Waals surface area contributed by atoms with Crippen LogP contribution in [0.25, 0.3) is 10.9 Å². The van der Waals surface area contributed by atoms with Crippen molar-refractivity contribution in [3.8, 4) is 5.75 Å². The molecule has 3 fully saturated rings. The number of piperidine rings is 3. The summed E-state index contributed by atoms with van der Waals surface area (Å²) in [5.41, 5.74) is 8.77. The van der Waals surface area contributed by atoms with Gasteiger partial charge in [0.25, 0.3) is 0 Å². The number of hydrogen-bond donors (Lipinski definition) is 2. The first-order chi connectivity index (χ1) is 10.8. The van der Waals surface area contributed by atoms with Gasteiger partial charge in [-0.3, -0.25) is 0 Å². The lowest BCUT2D eigenvalue weighted by atomic mass is 9.70. The molecule has 5 rings (SSSR count). The predicted molar refractivity (Wildman–Crippen MR) is 89.3 cm³/mol. The minimum absolute atomic E-state index is 0.439. The van der Waals surface area contributed by atoms with Gasteiger partial charge in [0.05, 0.1) is 7.11 Å². The van der Waals surface area contributed by atoms with E-state index < -0.39 is 0 Å². The summed E-state index contributed by atoms with van der Waals surface area (Å²) in [4.78, 5) is 6.03. The summed E-state index contributed by atoms with van der Waals surface area (Å²) in [6.07, 6.45) is 4.85. The Morgan fingerprint density at radius 3 is 2.82 bits per heavy atom. The highest BCUT2D eigenvalue weighted by atomic mass is 16.5. The standard InChI is InChI=1S/C18H25N3O/c1-22-13-2-3-18-14(8-13)16(10-20-18)15(9-19)17-11-21-6-4-12(17)5-7-21/h2-3,8,10,12,15,17,20H,4-7,9,11,19H2,1H3. The van der Waals surface area contributed by atoms with Crippen LogP contribution in [0, 0.1) is 11.8 Å². The van der Waals surface area contributed by atoms with E-state index in [0.717, 1.165) is 18.2 Å². The molecule has 0 amide bonds. The fraction of sp³-hybridized carbons (Fsp3) is 0.556. The molecule has 1 aromatic heterocycles. The Balaban J connectivity index is 1.72. The molecule has 2 bridgehead atoms. The lowest BCUT2D eigenvalue weighted by Crippen LogP contribution is -2.50. The fourth-order valence-corrected chi connectivity index (χ4v) is 4.55. The van der Waals surface area contributed by atoms with Crippen molar-refractivity contribution < 1.29 is 4.74 Å². The van der Waals surface area contributed by atoms with E-state index in [1.54, 1.807) is 7.11 Å². The number of aromatic amines is 1. The van der Waals surface area contributed by atoms with Crippen LogP contribution in [0.5, 0.6) is 5.75 Å². The van der Waals surface area contributed by atoms with Crippen LogP contribution in [-0.2, 0) is 0 Å². The molecule has 4 heterocycles. The van der Waals surface area contributed by atoms with Crippen LogP contribution in [-0.4, -0.2) is 43.2 Å². The van der Waals surface area contributed by atoms with Crippen LogP contribution in [0.1, 0.15) is 24.3 Å². The van der Waals surface area contributed by atoms with Crippen molar-refractivity contribution in [3.63, 3.8) is 0 Å². The van der Waals surface area contributed by atoms with E-state index >= 15 is 0 Å². The van der Waals surface area contributed by atoms with E-state index in [1.165, 1.54) is 48.9 Å². The van der Waals surface area contributed by atoms with E-state index in [9.17, 15) is 0 Å². The van der Waals surface area contributed by atoms with Gasteiger partial charge in [-0.15, -0.1) is 0 Å². The van der Waals surface area contributed by atoms with Crippen molar-refractivity contribution in [1.29, 1.82) is 0 Å². The third kappa shape index (κ3) is 2.22. The molecule has 0 spiro atoms. The number of ether oxygens (including phenoxy) is 1. The van der Waals surface area contributed by atoms with E-state index in [2.05, 4.69) is 28.2 Å². The van der Waals surface area contributed by atoms with Crippen molar-refractivity contribution in [1.82, 2.24) is 9.88 Å². The maximum Gasteiger partial charge on any atom is 0.119 e. The first kappa shape index (κ1) is 14.1. The van der Waals surface area contributed by atoms with Crippen LogP contribution >= 0.6 is 0 Å². The molecule has 0 aliphatic carbocycles. The Kier molecular flexibility index (Phi) is 3.59. The molecule has 2 atom stereocenters. The number of rotatable bonds is 4. The third-order valence-corrected chi connectivity index (χ3v) is 5.80. The van der Waals surface area contributed by atoms with Crippen LogP contribution in [0.3, 0.4) is 0 Å². The second kappa shape index (κ2) is 5.60. The molecule has 4 heteroatoms. The molecule has 0 radical (unpaired) electrons. The van der Waals surface area contributed by atoms with Crippen LogP contribution in [0.2, 0.25) is 0 Å². The van der Waals surface area contributed by atoms with Gasteiger partial charge in [-0.25, -0.2) is 0 Å². The second-order valence-electron chi connectivity index (χ2n) is 6.80. The highest BCUT2D eigenvalue weighted by Crippen LogP contribution is 2.42. The number of aromatic nitrogens is 1. The zero-order chi connectivity index (χ0) is 15.1. The Morgan fingerprint density at radius 2 is 2.18 bits per heavy atom. The summed E-state index contributed by atoms with van der Waals surface area (Å²) in [5, 5.41) is 1.27. The number of nitrogens with one attached hydrogen (secondary N) is 1. The zero-order valence-corrected chi connectivity index (χ0v) is 13.2. The Labute approximate surface area is 131 Å². The number of fused-ring (bicyclic) bond motifs is 4. The Hall–Kier alpha value is -1.52. The van der Waals surface area contributed by atoms with Crippen LogP contribution in [0.15, 0.2) is 24.4 Å². The fourth-order valence-electron chi connectivity index (χ4n) is 4.55. The monoisotopic (exact) mass is 299 g/mol. The molecule has 1 aromatic carbocycles. The van der Waals surface area contributed by atoms with Gasteiger partial charge in [-0.1, -0.05) is 0 Å². The number of methoxy groups -OCH3 is 1. The van der Waals surface area contributed by atoms with Crippen molar-refractivity contribution in [2.75, 3.05) is 33.3 Å². The molecule has 3 aliphatic rings. The summed E-state index contributed by atoms with van der Waals surface area (Å²) in [5.74, 6) is 2.89. The maximum atomic E-state index is 6.22. The summed E-state index contributed by atoms with van der Waals surface area (Å²) < 4.78 is 5.40. The first-order valence-electron chi connectivity index (χ1n) is 8.37. The molecular weight excluding hydrogens is 274 g/mol. The molecule has 0 saturated carbocycles. The van der Waals surface area contributed by atoms with Crippen molar-refractivity contribution in [2.24, 2.45) is 17.6 Å². The van der Waals surface area contributed by atoms with Crippen LogP contribution in [0.4, 0.5) is 0 Å². The minimum Gasteiger partial charge on any atom is -0.497 e. The minimum atomic E-state index is 0.439. The summed E-state index contributed by atoms with van der Waals surface area (Å²) >= 11 is 0.